The van der Waals surface area contributed by atoms with E-state index in [1.165, 1.54) is 4.31 Å². The zero-order chi connectivity index (χ0) is 19.6. The van der Waals surface area contributed by atoms with E-state index in [-0.39, 0.29) is 23.3 Å². The molecule has 1 atom stereocenters. The molecule has 3 heterocycles. The lowest BCUT2D eigenvalue weighted by Crippen LogP contribution is -2.45. The fourth-order valence-corrected chi connectivity index (χ4v) is 5.61. The Morgan fingerprint density at radius 3 is 2.86 bits per heavy atom. The van der Waals surface area contributed by atoms with Crippen molar-refractivity contribution >= 4 is 38.7 Å². The molecule has 2 aromatic heterocycles. The monoisotopic (exact) mass is 417 g/mol. The molecule has 1 fully saturated rings. The number of piperidine rings is 1. The number of sulfonamides is 1. The molecule has 146 valence electrons. The number of benzene rings is 1. The fraction of sp³-hybridized carbons (Fsp3) is 0.333. The Bertz CT molecular complexity index is 1080. The number of aromatic nitrogens is 3. The van der Waals surface area contributed by atoms with Gasteiger partial charge in [-0.15, -0.1) is 0 Å². The smallest absolute Gasteiger partial charge is 0.245 e. The van der Waals surface area contributed by atoms with Gasteiger partial charge < -0.3 is 5.32 Å². The molecule has 1 aliphatic rings. The van der Waals surface area contributed by atoms with Gasteiger partial charge in [0.15, 0.2) is 0 Å². The molecule has 0 saturated carbocycles. The Morgan fingerprint density at radius 2 is 2.04 bits per heavy atom. The van der Waals surface area contributed by atoms with Crippen LogP contribution in [0, 0.1) is 5.92 Å². The summed E-state index contributed by atoms with van der Waals surface area (Å²) in [4.78, 5) is 16.7. The molecule has 10 heteroatoms. The molecule has 4 rings (SSSR count). The van der Waals surface area contributed by atoms with Crippen LogP contribution in [0.4, 0.5) is 0 Å². The minimum absolute atomic E-state index is 0.134. The number of pyridine rings is 1. The van der Waals surface area contributed by atoms with Crippen LogP contribution in [0.1, 0.15) is 18.4 Å². The van der Waals surface area contributed by atoms with Crippen LogP contribution in [0.25, 0.3) is 11.0 Å². The van der Waals surface area contributed by atoms with E-state index in [2.05, 4.69) is 19.0 Å². The third kappa shape index (κ3) is 3.75. The Labute approximate surface area is 167 Å². The van der Waals surface area contributed by atoms with E-state index in [0.29, 0.717) is 37.0 Å². The molecule has 3 aromatic rings. The molecule has 28 heavy (non-hydrogen) atoms. The van der Waals surface area contributed by atoms with E-state index in [4.69, 9.17) is 0 Å². The van der Waals surface area contributed by atoms with Gasteiger partial charge >= 0.3 is 0 Å². The Balaban J connectivity index is 1.48. The van der Waals surface area contributed by atoms with E-state index < -0.39 is 10.0 Å². The second kappa shape index (κ2) is 7.90. The lowest BCUT2D eigenvalue weighted by Gasteiger charge is -2.31. The van der Waals surface area contributed by atoms with Gasteiger partial charge in [-0.3, -0.25) is 9.78 Å². The summed E-state index contributed by atoms with van der Waals surface area (Å²) >= 11 is 0.988. The second-order valence-electron chi connectivity index (χ2n) is 6.66. The van der Waals surface area contributed by atoms with Gasteiger partial charge in [-0.05, 0) is 42.7 Å². The van der Waals surface area contributed by atoms with Gasteiger partial charge in [0, 0.05) is 32.0 Å². The van der Waals surface area contributed by atoms with Gasteiger partial charge in [0.05, 0.1) is 17.6 Å². The first-order chi connectivity index (χ1) is 13.6. The third-order valence-electron chi connectivity index (χ3n) is 4.84. The van der Waals surface area contributed by atoms with Gasteiger partial charge in [0.25, 0.3) is 0 Å². The Hall–Kier alpha value is -2.43. The summed E-state index contributed by atoms with van der Waals surface area (Å²) in [6.07, 6.45) is 4.64. The van der Waals surface area contributed by atoms with Crippen molar-refractivity contribution in [1.29, 1.82) is 0 Å². The maximum atomic E-state index is 13.2. The van der Waals surface area contributed by atoms with Crippen molar-refractivity contribution in [3.05, 3.63) is 48.3 Å². The molecule has 1 aromatic carbocycles. The van der Waals surface area contributed by atoms with Gasteiger partial charge in [-0.2, -0.15) is 13.1 Å². The molecule has 0 spiro atoms. The molecule has 0 aliphatic carbocycles. The number of carbonyl (C=O) groups excluding carboxylic acids is 1. The number of carbonyl (C=O) groups is 1. The van der Waals surface area contributed by atoms with E-state index in [1.807, 2.05) is 12.1 Å². The van der Waals surface area contributed by atoms with Gasteiger partial charge in [0.1, 0.15) is 15.9 Å². The number of fused-ring (bicyclic) bond motifs is 1. The summed E-state index contributed by atoms with van der Waals surface area (Å²) in [5.41, 5.74) is 1.90. The summed E-state index contributed by atoms with van der Waals surface area (Å²) in [6, 6.07) is 8.62. The molecule has 1 aliphatic heterocycles. The van der Waals surface area contributed by atoms with Crippen molar-refractivity contribution in [1.82, 2.24) is 23.4 Å². The average molecular weight is 418 g/mol. The van der Waals surface area contributed by atoms with Crippen LogP contribution >= 0.6 is 11.7 Å². The molecule has 1 amide bonds. The van der Waals surface area contributed by atoms with Crippen LogP contribution in [0.2, 0.25) is 0 Å². The van der Waals surface area contributed by atoms with Crippen LogP contribution in [0.15, 0.2) is 47.6 Å². The van der Waals surface area contributed by atoms with E-state index in [0.717, 1.165) is 17.3 Å². The molecular weight excluding hydrogens is 398 g/mol. The fourth-order valence-electron chi connectivity index (χ4n) is 3.34. The van der Waals surface area contributed by atoms with Crippen molar-refractivity contribution < 1.29 is 13.2 Å². The molecule has 0 bridgehead atoms. The van der Waals surface area contributed by atoms with Crippen molar-refractivity contribution in [2.75, 3.05) is 13.1 Å². The topological polar surface area (TPSA) is 105 Å². The number of nitrogens with one attached hydrogen (secondary N) is 1. The predicted molar refractivity (Wildman–Crippen MR) is 105 cm³/mol. The zero-order valence-corrected chi connectivity index (χ0v) is 16.6. The second-order valence-corrected chi connectivity index (χ2v) is 9.10. The highest BCUT2D eigenvalue weighted by atomic mass is 32.2. The molecule has 1 N–H and O–H groups in total. The lowest BCUT2D eigenvalue weighted by atomic mass is 9.99. The van der Waals surface area contributed by atoms with E-state index in [9.17, 15) is 13.2 Å². The summed E-state index contributed by atoms with van der Waals surface area (Å²) in [6.45, 7) is 0.956. The number of amides is 1. The van der Waals surface area contributed by atoms with Gasteiger partial charge in [-0.1, -0.05) is 6.07 Å². The Kier molecular flexibility index (Phi) is 5.33. The number of nitrogens with zero attached hydrogens (tertiary/aromatic N) is 4. The average Bonchev–Trinajstić information content (AvgIpc) is 3.21. The molecule has 0 radical (unpaired) electrons. The van der Waals surface area contributed by atoms with Crippen LogP contribution in [-0.4, -0.2) is 45.5 Å². The first-order valence-electron chi connectivity index (χ1n) is 8.94. The summed E-state index contributed by atoms with van der Waals surface area (Å²) in [7, 11) is -3.74. The summed E-state index contributed by atoms with van der Waals surface area (Å²) in [5, 5.41) is 2.90. The lowest BCUT2D eigenvalue weighted by molar-refractivity contribution is -0.126. The predicted octanol–water partition coefficient (Wildman–Crippen LogP) is 1.80. The van der Waals surface area contributed by atoms with Crippen LogP contribution in [0.3, 0.4) is 0 Å². The highest BCUT2D eigenvalue weighted by Crippen LogP contribution is 2.28. The van der Waals surface area contributed by atoms with Crippen LogP contribution < -0.4 is 5.32 Å². The number of rotatable bonds is 5. The van der Waals surface area contributed by atoms with Crippen LogP contribution in [0.5, 0.6) is 0 Å². The third-order valence-corrected chi connectivity index (χ3v) is 7.28. The van der Waals surface area contributed by atoms with Crippen molar-refractivity contribution in [3.63, 3.8) is 0 Å². The van der Waals surface area contributed by atoms with Gasteiger partial charge in [0.2, 0.25) is 15.9 Å². The molecule has 0 unspecified atom stereocenters. The normalized spacial score (nSPS) is 18.2. The van der Waals surface area contributed by atoms with Gasteiger partial charge in [-0.25, -0.2) is 8.42 Å². The zero-order valence-electron chi connectivity index (χ0n) is 15.0. The SMILES string of the molecule is O=C(NCc1ccncc1)[C@@H]1CCCN(S(=O)(=O)c2cccc3nsnc23)C1. The van der Waals surface area contributed by atoms with E-state index in [1.54, 1.807) is 30.6 Å². The largest absolute Gasteiger partial charge is 0.352 e. The first kappa shape index (κ1) is 18.9. The maximum Gasteiger partial charge on any atom is 0.245 e. The summed E-state index contributed by atoms with van der Waals surface area (Å²) in [5.74, 6) is -0.511. The minimum Gasteiger partial charge on any atom is -0.352 e. The van der Waals surface area contributed by atoms with Crippen molar-refractivity contribution in [2.45, 2.75) is 24.3 Å². The number of hydrogen-bond acceptors (Lipinski definition) is 7. The number of hydrogen-bond donors (Lipinski definition) is 1. The molecule has 8 nitrogen and oxygen atoms in total. The molecule has 1 saturated heterocycles. The highest BCUT2D eigenvalue weighted by molar-refractivity contribution is 7.89. The quantitative estimate of drug-likeness (QED) is 0.679. The van der Waals surface area contributed by atoms with Crippen LogP contribution in [-0.2, 0) is 21.4 Å². The van der Waals surface area contributed by atoms with E-state index >= 15 is 0 Å². The highest BCUT2D eigenvalue weighted by Gasteiger charge is 2.34. The Morgan fingerprint density at radius 1 is 1.21 bits per heavy atom. The van der Waals surface area contributed by atoms with Crippen molar-refractivity contribution in [2.24, 2.45) is 5.92 Å². The summed E-state index contributed by atoms with van der Waals surface area (Å²) < 4.78 is 36.0. The minimum atomic E-state index is -3.74. The first-order valence-corrected chi connectivity index (χ1v) is 11.1. The standard InChI is InChI=1S/C18H19N5O3S2/c24-18(20-11-13-6-8-19-9-7-13)14-3-2-10-23(12-14)28(25,26)16-5-1-4-15-17(16)22-27-21-15/h1,4-9,14H,2-3,10-12H2,(H,20,24)/t14-/m1/s1. The molecular formula is C18H19N5O3S2. The maximum absolute atomic E-state index is 13.2. The van der Waals surface area contributed by atoms with Crippen molar-refractivity contribution in [3.8, 4) is 0 Å².